The summed E-state index contributed by atoms with van der Waals surface area (Å²) in [5.41, 5.74) is 10.1. The van der Waals surface area contributed by atoms with Crippen LogP contribution in [0.5, 0.6) is 0 Å². The number of hydrogen-bond acceptors (Lipinski definition) is 7. The van der Waals surface area contributed by atoms with Gasteiger partial charge in [-0.05, 0) is 82.3 Å². The number of hydrogen-bond donors (Lipinski definition) is 4. The van der Waals surface area contributed by atoms with Crippen LogP contribution >= 0.6 is 0 Å². The molecule has 0 unspecified atom stereocenters. The lowest BCUT2D eigenvalue weighted by atomic mass is 9.96. The molecule has 0 saturated carbocycles. The van der Waals surface area contributed by atoms with Crippen LogP contribution in [0.3, 0.4) is 0 Å². The zero-order valence-corrected chi connectivity index (χ0v) is 22.5. The molecule has 2 aromatic heterocycles. The molecule has 202 valence electrons. The molecule has 2 aliphatic heterocycles. The topological polar surface area (TPSA) is 115 Å². The summed E-state index contributed by atoms with van der Waals surface area (Å²) in [4.78, 5) is 29.9. The summed E-state index contributed by atoms with van der Waals surface area (Å²) in [6.07, 6.45) is 9.36. The number of nitrogens with two attached hydrogens (primary N) is 1. The number of carbonyl (C=O) groups excluding carboxylic acids is 1. The average Bonchev–Trinajstić information content (AvgIpc) is 3.45. The van der Waals surface area contributed by atoms with E-state index in [0.717, 1.165) is 81.0 Å². The van der Waals surface area contributed by atoms with E-state index in [2.05, 4.69) is 67.4 Å². The van der Waals surface area contributed by atoms with Crippen LogP contribution in [0.25, 0.3) is 11.4 Å². The number of rotatable bonds is 8. The molecule has 5 N–H and O–H groups in total. The zero-order chi connectivity index (χ0) is 26.5. The number of aromatic amines is 1. The average molecular weight is 517 g/mol. The van der Waals surface area contributed by atoms with E-state index < -0.39 is 0 Å². The van der Waals surface area contributed by atoms with Crippen molar-refractivity contribution >= 4 is 23.0 Å². The molecule has 0 aliphatic carbocycles. The van der Waals surface area contributed by atoms with Crippen molar-refractivity contribution in [2.75, 3.05) is 48.3 Å². The molecular formula is C29H40N8O. The first-order valence-electron chi connectivity index (χ1n) is 13.9. The van der Waals surface area contributed by atoms with Gasteiger partial charge in [0.05, 0.1) is 17.6 Å². The number of benzene rings is 1. The Hall–Kier alpha value is -3.43. The summed E-state index contributed by atoms with van der Waals surface area (Å²) in [5, 5.41) is 6.90. The van der Waals surface area contributed by atoms with Gasteiger partial charge in [0.1, 0.15) is 11.5 Å². The van der Waals surface area contributed by atoms with E-state index in [1.54, 1.807) is 18.6 Å². The number of imidazole rings is 1. The number of likely N-dealkylation sites (tertiary alicyclic amines) is 1. The summed E-state index contributed by atoms with van der Waals surface area (Å²) >= 11 is 0. The molecule has 0 atom stereocenters. The molecule has 9 heteroatoms. The van der Waals surface area contributed by atoms with E-state index in [1.165, 1.54) is 0 Å². The second-order valence-electron chi connectivity index (χ2n) is 10.8. The van der Waals surface area contributed by atoms with Gasteiger partial charge in [-0.3, -0.25) is 9.78 Å². The van der Waals surface area contributed by atoms with Crippen molar-refractivity contribution in [2.45, 2.75) is 51.6 Å². The predicted molar refractivity (Wildman–Crippen MR) is 154 cm³/mol. The molecule has 2 saturated heterocycles. The molecular weight excluding hydrogens is 476 g/mol. The number of nitrogens with zero attached hydrogens (tertiary/aromatic N) is 4. The van der Waals surface area contributed by atoms with Gasteiger partial charge in [0.25, 0.3) is 5.91 Å². The van der Waals surface area contributed by atoms with Crippen molar-refractivity contribution in [2.24, 2.45) is 11.7 Å². The van der Waals surface area contributed by atoms with E-state index in [0.29, 0.717) is 29.5 Å². The van der Waals surface area contributed by atoms with Gasteiger partial charge < -0.3 is 31.2 Å². The number of nitrogens with one attached hydrogen (secondary N) is 3. The highest BCUT2D eigenvalue weighted by Gasteiger charge is 2.24. The Morgan fingerprint density at radius 2 is 1.82 bits per heavy atom. The summed E-state index contributed by atoms with van der Waals surface area (Å²) in [6, 6.07) is 11.1. The highest BCUT2D eigenvalue weighted by atomic mass is 16.1. The Labute approximate surface area is 225 Å². The highest BCUT2D eigenvalue weighted by molar-refractivity contribution is 6.05. The molecule has 9 nitrogen and oxygen atoms in total. The number of aromatic nitrogens is 3. The fraction of sp³-hybridized carbons (Fsp3) is 0.483. The van der Waals surface area contributed by atoms with E-state index in [4.69, 9.17) is 5.73 Å². The number of carbonyl (C=O) groups is 1. The van der Waals surface area contributed by atoms with Gasteiger partial charge >= 0.3 is 0 Å². The molecule has 0 spiro atoms. The van der Waals surface area contributed by atoms with Crippen molar-refractivity contribution < 1.29 is 4.79 Å². The van der Waals surface area contributed by atoms with Crippen molar-refractivity contribution in [1.82, 2.24) is 19.9 Å². The van der Waals surface area contributed by atoms with Crippen molar-refractivity contribution in [1.29, 1.82) is 0 Å². The molecule has 38 heavy (non-hydrogen) atoms. The second kappa shape index (κ2) is 12.0. The van der Waals surface area contributed by atoms with Crippen LogP contribution in [0.15, 0.2) is 48.9 Å². The standard InChI is InChI=1S/C29H40N8O/c1-20(2)36-15-9-23(10-16-36)33-24-3-4-27(37-13-7-21(18-30)8-14-37)25(17-24)35-29(38)26-19-32-28(34-26)22-5-11-31-12-6-22/h3-6,11-12,17,19-21,23,33H,7-10,13-16,18,30H2,1-2H3,(H,32,34)(H,35,38). The third kappa shape index (κ3) is 6.16. The fourth-order valence-electron chi connectivity index (χ4n) is 5.49. The quantitative estimate of drug-likeness (QED) is 0.355. The lowest BCUT2D eigenvalue weighted by Gasteiger charge is -2.36. The smallest absolute Gasteiger partial charge is 0.273 e. The minimum absolute atomic E-state index is 0.210. The van der Waals surface area contributed by atoms with Crippen LogP contribution in [0.4, 0.5) is 17.1 Å². The molecule has 5 rings (SSSR count). The van der Waals surface area contributed by atoms with Crippen LogP contribution in [0.2, 0.25) is 0 Å². The van der Waals surface area contributed by atoms with Gasteiger partial charge in [0.15, 0.2) is 0 Å². The molecule has 4 heterocycles. The maximum absolute atomic E-state index is 13.3. The normalized spacial score (nSPS) is 17.6. The Morgan fingerprint density at radius 3 is 2.50 bits per heavy atom. The van der Waals surface area contributed by atoms with Gasteiger partial charge in [-0.25, -0.2) is 4.98 Å². The van der Waals surface area contributed by atoms with Crippen LogP contribution in [-0.2, 0) is 0 Å². The number of anilines is 3. The maximum atomic E-state index is 13.3. The van der Waals surface area contributed by atoms with Gasteiger partial charge in [0.2, 0.25) is 0 Å². The minimum atomic E-state index is -0.210. The summed E-state index contributed by atoms with van der Waals surface area (Å²) in [6.45, 7) is 9.33. The van der Waals surface area contributed by atoms with E-state index in [-0.39, 0.29) is 5.91 Å². The highest BCUT2D eigenvalue weighted by Crippen LogP contribution is 2.33. The maximum Gasteiger partial charge on any atom is 0.273 e. The van der Waals surface area contributed by atoms with Gasteiger partial charge in [-0.2, -0.15) is 0 Å². The third-order valence-electron chi connectivity index (χ3n) is 7.94. The van der Waals surface area contributed by atoms with Crippen LogP contribution < -0.4 is 21.3 Å². The largest absolute Gasteiger partial charge is 0.382 e. The molecule has 0 bridgehead atoms. The number of pyridine rings is 1. The van der Waals surface area contributed by atoms with E-state index in [1.807, 2.05) is 12.1 Å². The monoisotopic (exact) mass is 516 g/mol. The number of piperidine rings is 2. The molecule has 0 radical (unpaired) electrons. The lowest BCUT2D eigenvalue weighted by molar-refractivity contribution is 0.102. The van der Waals surface area contributed by atoms with Crippen LogP contribution in [0, 0.1) is 5.92 Å². The third-order valence-corrected chi connectivity index (χ3v) is 7.94. The second-order valence-corrected chi connectivity index (χ2v) is 10.8. The first-order chi connectivity index (χ1) is 18.5. The van der Waals surface area contributed by atoms with E-state index >= 15 is 0 Å². The Morgan fingerprint density at radius 1 is 1.08 bits per heavy atom. The lowest BCUT2D eigenvalue weighted by Crippen LogP contribution is -2.42. The summed E-state index contributed by atoms with van der Waals surface area (Å²) in [5.74, 6) is 1.00. The molecule has 1 amide bonds. The zero-order valence-electron chi connectivity index (χ0n) is 22.5. The first kappa shape index (κ1) is 26.2. The van der Waals surface area contributed by atoms with Gasteiger partial charge in [-0.15, -0.1) is 0 Å². The Balaban J connectivity index is 1.34. The van der Waals surface area contributed by atoms with Crippen LogP contribution in [0.1, 0.15) is 50.0 Å². The molecule has 2 aliphatic rings. The predicted octanol–water partition coefficient (Wildman–Crippen LogP) is 4.18. The van der Waals surface area contributed by atoms with Crippen molar-refractivity contribution in [3.8, 4) is 11.4 Å². The Kier molecular flexibility index (Phi) is 8.24. The SMILES string of the molecule is CC(C)N1CCC(Nc2ccc(N3CCC(CN)CC3)c(NC(=O)c3cnc(-c4ccncc4)[nH]3)c2)CC1. The molecule has 3 aromatic rings. The molecule has 1 aromatic carbocycles. The van der Waals surface area contributed by atoms with Crippen molar-refractivity contribution in [3.05, 3.63) is 54.6 Å². The number of H-pyrrole nitrogens is 1. The summed E-state index contributed by atoms with van der Waals surface area (Å²) in [7, 11) is 0. The van der Waals surface area contributed by atoms with Crippen LogP contribution in [-0.4, -0.2) is 70.6 Å². The molecule has 2 fully saturated rings. The Bertz CT molecular complexity index is 1190. The first-order valence-corrected chi connectivity index (χ1v) is 13.9. The van der Waals surface area contributed by atoms with Gasteiger partial charge in [0, 0.05) is 61.9 Å². The minimum Gasteiger partial charge on any atom is -0.382 e. The fourth-order valence-corrected chi connectivity index (χ4v) is 5.49. The van der Waals surface area contributed by atoms with Gasteiger partial charge in [-0.1, -0.05) is 0 Å². The summed E-state index contributed by atoms with van der Waals surface area (Å²) < 4.78 is 0. The van der Waals surface area contributed by atoms with E-state index in [9.17, 15) is 4.79 Å². The van der Waals surface area contributed by atoms with Crippen molar-refractivity contribution in [3.63, 3.8) is 0 Å². The number of amides is 1.